The third-order valence-corrected chi connectivity index (χ3v) is 4.20. The standard InChI is InChI=1S/C24H15N5O/c25-14-19(15-26)23(16-27)17-9-11-20(12-10-17)28-21-7-4-8-22(13-21)29-24(30)18-5-2-1-3-6-18/h1-13,28H,(H,29,30). The van der Waals surface area contributed by atoms with Gasteiger partial charge in [0.25, 0.3) is 5.91 Å². The van der Waals surface area contributed by atoms with E-state index in [2.05, 4.69) is 10.6 Å². The third-order valence-electron chi connectivity index (χ3n) is 4.20. The van der Waals surface area contributed by atoms with Crippen molar-refractivity contribution in [3.05, 3.63) is 95.6 Å². The minimum atomic E-state index is -0.222. The van der Waals surface area contributed by atoms with Crippen LogP contribution in [0.4, 0.5) is 17.1 Å². The number of allylic oxidation sites excluding steroid dienone is 2. The van der Waals surface area contributed by atoms with E-state index in [1.165, 1.54) is 0 Å². The number of benzene rings is 3. The highest BCUT2D eigenvalue weighted by atomic mass is 16.1. The number of nitriles is 3. The normalized spacial score (nSPS) is 9.37. The Kier molecular flexibility index (Phi) is 6.21. The van der Waals surface area contributed by atoms with Crippen molar-refractivity contribution in [3.63, 3.8) is 0 Å². The van der Waals surface area contributed by atoms with Gasteiger partial charge in [-0.05, 0) is 48.0 Å². The van der Waals surface area contributed by atoms with Gasteiger partial charge in [-0.25, -0.2) is 0 Å². The Morgan fingerprint density at radius 2 is 1.33 bits per heavy atom. The van der Waals surface area contributed by atoms with Crippen LogP contribution in [0.25, 0.3) is 5.57 Å². The van der Waals surface area contributed by atoms with Crippen LogP contribution in [0.1, 0.15) is 15.9 Å². The van der Waals surface area contributed by atoms with Crippen LogP contribution in [0.5, 0.6) is 0 Å². The van der Waals surface area contributed by atoms with Gasteiger partial charge in [0.2, 0.25) is 0 Å². The molecule has 0 atom stereocenters. The summed E-state index contributed by atoms with van der Waals surface area (Å²) in [5, 5.41) is 33.3. The van der Waals surface area contributed by atoms with Crippen molar-refractivity contribution in [2.24, 2.45) is 0 Å². The van der Waals surface area contributed by atoms with Gasteiger partial charge in [0.15, 0.2) is 0 Å². The number of nitrogens with zero attached hydrogens (tertiary/aromatic N) is 3. The molecule has 0 fully saturated rings. The van der Waals surface area contributed by atoms with E-state index in [-0.39, 0.29) is 17.1 Å². The number of nitrogens with one attached hydrogen (secondary N) is 2. The highest BCUT2D eigenvalue weighted by Gasteiger charge is 2.09. The minimum Gasteiger partial charge on any atom is -0.355 e. The Labute approximate surface area is 173 Å². The molecule has 0 aliphatic carbocycles. The molecule has 0 unspecified atom stereocenters. The lowest BCUT2D eigenvalue weighted by atomic mass is 10.0. The van der Waals surface area contributed by atoms with Gasteiger partial charge < -0.3 is 10.6 Å². The van der Waals surface area contributed by atoms with Crippen LogP contribution in [0.15, 0.2) is 84.4 Å². The Bertz CT molecular complexity index is 1210. The molecule has 0 heterocycles. The molecule has 0 saturated heterocycles. The van der Waals surface area contributed by atoms with E-state index in [1.54, 1.807) is 72.8 Å². The Morgan fingerprint density at radius 1 is 0.667 bits per heavy atom. The molecule has 6 nitrogen and oxygen atoms in total. The van der Waals surface area contributed by atoms with Crippen molar-refractivity contribution in [1.29, 1.82) is 15.8 Å². The van der Waals surface area contributed by atoms with Gasteiger partial charge in [0, 0.05) is 22.6 Å². The van der Waals surface area contributed by atoms with Crippen LogP contribution >= 0.6 is 0 Å². The van der Waals surface area contributed by atoms with Crippen molar-refractivity contribution in [2.45, 2.75) is 0 Å². The predicted molar refractivity (Wildman–Crippen MR) is 114 cm³/mol. The Balaban J connectivity index is 1.75. The summed E-state index contributed by atoms with van der Waals surface area (Å²) in [6.07, 6.45) is 0. The van der Waals surface area contributed by atoms with Gasteiger partial charge in [-0.2, -0.15) is 15.8 Å². The van der Waals surface area contributed by atoms with Crippen LogP contribution in [-0.2, 0) is 0 Å². The maximum Gasteiger partial charge on any atom is 0.255 e. The summed E-state index contributed by atoms with van der Waals surface area (Å²) in [7, 11) is 0. The number of carbonyl (C=O) groups is 1. The molecule has 1 amide bonds. The lowest BCUT2D eigenvalue weighted by Gasteiger charge is -2.10. The summed E-state index contributed by atoms with van der Waals surface area (Å²) in [6, 6.07) is 28.4. The molecule has 142 valence electrons. The zero-order valence-electron chi connectivity index (χ0n) is 15.8. The molecule has 3 aromatic carbocycles. The monoisotopic (exact) mass is 389 g/mol. The molecule has 0 aliphatic heterocycles. The predicted octanol–water partition coefficient (Wildman–Crippen LogP) is 5.01. The summed E-state index contributed by atoms with van der Waals surface area (Å²) in [4.78, 5) is 12.3. The summed E-state index contributed by atoms with van der Waals surface area (Å²) >= 11 is 0. The molecule has 6 heteroatoms. The second-order valence-corrected chi connectivity index (χ2v) is 6.19. The molecule has 0 radical (unpaired) electrons. The van der Waals surface area contributed by atoms with Crippen molar-refractivity contribution < 1.29 is 4.79 Å². The molecule has 3 rings (SSSR count). The maximum absolute atomic E-state index is 12.3. The summed E-state index contributed by atoms with van der Waals surface area (Å²) in [5.41, 5.74) is 3.04. The van der Waals surface area contributed by atoms with E-state index in [0.29, 0.717) is 16.8 Å². The minimum absolute atomic E-state index is 0.0390. The fourth-order valence-corrected chi connectivity index (χ4v) is 2.76. The first-order valence-corrected chi connectivity index (χ1v) is 8.93. The second-order valence-electron chi connectivity index (χ2n) is 6.19. The second kappa shape index (κ2) is 9.37. The first-order valence-electron chi connectivity index (χ1n) is 8.93. The molecule has 0 saturated carbocycles. The molecule has 0 aromatic heterocycles. The van der Waals surface area contributed by atoms with E-state index in [4.69, 9.17) is 10.5 Å². The molecule has 2 N–H and O–H groups in total. The Hall–Kier alpha value is -4.86. The van der Waals surface area contributed by atoms with E-state index in [1.807, 2.05) is 24.3 Å². The van der Waals surface area contributed by atoms with Gasteiger partial charge in [-0.1, -0.05) is 36.4 Å². The molecule has 3 aromatic rings. The van der Waals surface area contributed by atoms with Crippen LogP contribution < -0.4 is 10.6 Å². The number of carbonyl (C=O) groups excluding carboxylic acids is 1. The van der Waals surface area contributed by atoms with E-state index in [9.17, 15) is 10.1 Å². The van der Waals surface area contributed by atoms with Gasteiger partial charge >= 0.3 is 0 Å². The van der Waals surface area contributed by atoms with E-state index < -0.39 is 0 Å². The molecular formula is C24H15N5O. The van der Waals surface area contributed by atoms with Crippen molar-refractivity contribution >= 4 is 28.5 Å². The van der Waals surface area contributed by atoms with Gasteiger partial charge in [-0.3, -0.25) is 4.79 Å². The molecule has 0 aliphatic rings. The van der Waals surface area contributed by atoms with Crippen molar-refractivity contribution in [2.75, 3.05) is 10.6 Å². The summed E-state index contributed by atoms with van der Waals surface area (Å²) < 4.78 is 0. The highest BCUT2D eigenvalue weighted by molar-refractivity contribution is 6.04. The van der Waals surface area contributed by atoms with Gasteiger partial charge in [0.05, 0.1) is 5.57 Å². The Morgan fingerprint density at radius 3 is 1.97 bits per heavy atom. The highest BCUT2D eigenvalue weighted by Crippen LogP contribution is 2.24. The average molecular weight is 389 g/mol. The van der Waals surface area contributed by atoms with Gasteiger partial charge in [-0.15, -0.1) is 0 Å². The lowest BCUT2D eigenvalue weighted by molar-refractivity contribution is 0.102. The van der Waals surface area contributed by atoms with Crippen molar-refractivity contribution in [3.8, 4) is 18.2 Å². The van der Waals surface area contributed by atoms with Crippen LogP contribution in [0.3, 0.4) is 0 Å². The quantitative estimate of drug-likeness (QED) is 0.596. The number of rotatable bonds is 5. The van der Waals surface area contributed by atoms with Crippen LogP contribution in [0, 0.1) is 34.0 Å². The van der Waals surface area contributed by atoms with Crippen LogP contribution in [0.2, 0.25) is 0 Å². The van der Waals surface area contributed by atoms with E-state index in [0.717, 1.165) is 11.4 Å². The number of hydrogen-bond acceptors (Lipinski definition) is 5. The first-order chi connectivity index (χ1) is 14.6. The summed E-state index contributed by atoms with van der Waals surface area (Å²) in [6.45, 7) is 0. The zero-order chi connectivity index (χ0) is 21.3. The fourth-order valence-electron chi connectivity index (χ4n) is 2.76. The number of hydrogen-bond donors (Lipinski definition) is 2. The maximum atomic E-state index is 12.3. The lowest BCUT2D eigenvalue weighted by Crippen LogP contribution is -2.11. The van der Waals surface area contributed by atoms with Gasteiger partial charge in [0.1, 0.15) is 23.8 Å². The molecule has 0 spiro atoms. The SMILES string of the molecule is N#CC(C#N)=C(C#N)c1ccc(Nc2cccc(NC(=O)c3ccccc3)c2)cc1. The summed E-state index contributed by atoms with van der Waals surface area (Å²) in [5.74, 6) is -0.196. The molecule has 30 heavy (non-hydrogen) atoms. The molecule has 0 bridgehead atoms. The van der Waals surface area contributed by atoms with Crippen molar-refractivity contribution in [1.82, 2.24) is 0 Å². The first kappa shape index (κ1) is 19.9. The number of amides is 1. The smallest absolute Gasteiger partial charge is 0.255 e. The third kappa shape index (κ3) is 4.70. The topological polar surface area (TPSA) is 112 Å². The van der Waals surface area contributed by atoms with Crippen LogP contribution in [-0.4, -0.2) is 5.91 Å². The molecular weight excluding hydrogens is 374 g/mol. The number of anilines is 3. The van der Waals surface area contributed by atoms with E-state index >= 15 is 0 Å². The zero-order valence-corrected chi connectivity index (χ0v) is 15.8. The largest absolute Gasteiger partial charge is 0.355 e. The average Bonchev–Trinajstić information content (AvgIpc) is 2.79. The fraction of sp³-hybridized carbons (Fsp3) is 0.